The zero-order chi connectivity index (χ0) is 21.8. The number of nitrogens with one attached hydrogen (secondary N) is 2. The van der Waals surface area contributed by atoms with Gasteiger partial charge in [0, 0.05) is 22.7 Å². The van der Waals surface area contributed by atoms with Crippen molar-refractivity contribution in [3.05, 3.63) is 69.0 Å². The van der Waals surface area contributed by atoms with Gasteiger partial charge in [-0.25, -0.2) is 0 Å². The van der Waals surface area contributed by atoms with Gasteiger partial charge >= 0.3 is 6.18 Å². The van der Waals surface area contributed by atoms with E-state index >= 15 is 0 Å². The molecule has 0 saturated heterocycles. The van der Waals surface area contributed by atoms with Crippen molar-refractivity contribution in [2.75, 3.05) is 5.32 Å². The van der Waals surface area contributed by atoms with Crippen molar-refractivity contribution in [3.8, 4) is 5.75 Å². The average molecular weight is 439 g/mol. The summed E-state index contributed by atoms with van der Waals surface area (Å²) in [6, 6.07) is 8.61. The normalized spacial score (nSPS) is 23.9. The van der Waals surface area contributed by atoms with E-state index in [0.29, 0.717) is 16.6 Å². The summed E-state index contributed by atoms with van der Waals surface area (Å²) in [5.74, 6) is -1.08. The molecular formula is C21H18ClF3N2O3. The number of anilines is 1. The number of alkyl halides is 3. The fourth-order valence-corrected chi connectivity index (χ4v) is 4.42. The molecule has 1 aromatic heterocycles. The van der Waals surface area contributed by atoms with E-state index in [1.54, 1.807) is 18.2 Å². The highest BCUT2D eigenvalue weighted by molar-refractivity contribution is 6.32. The van der Waals surface area contributed by atoms with Crippen LogP contribution < -0.4 is 10.9 Å². The first-order valence-electron chi connectivity index (χ1n) is 9.22. The number of aromatic nitrogens is 1. The van der Waals surface area contributed by atoms with Gasteiger partial charge in [-0.2, -0.15) is 13.2 Å². The summed E-state index contributed by atoms with van der Waals surface area (Å²) in [5, 5.41) is 24.6. The Kier molecular flexibility index (Phi) is 4.74. The van der Waals surface area contributed by atoms with Gasteiger partial charge in [0.25, 0.3) is 0 Å². The third-order valence-corrected chi connectivity index (χ3v) is 5.96. The summed E-state index contributed by atoms with van der Waals surface area (Å²) in [5.41, 5.74) is -2.33. The SMILES string of the molecule is CC1C[C@](O)(C(F)(F)F)C(Nc2cccc3[nH]c(=O)ccc23)c2ccc(Cl)c(O)c21. The third kappa shape index (κ3) is 3.11. The number of aliphatic hydroxyl groups is 1. The van der Waals surface area contributed by atoms with Gasteiger partial charge in [0.05, 0.1) is 16.6 Å². The maximum Gasteiger partial charge on any atom is 0.419 e. The fraction of sp³-hybridized carbons (Fsp3) is 0.286. The van der Waals surface area contributed by atoms with Crippen LogP contribution in [-0.2, 0) is 0 Å². The molecule has 3 aromatic rings. The summed E-state index contributed by atoms with van der Waals surface area (Å²) in [6.45, 7) is 1.50. The number of benzene rings is 2. The van der Waals surface area contributed by atoms with E-state index < -0.39 is 30.2 Å². The Morgan fingerprint density at radius 1 is 1.20 bits per heavy atom. The lowest BCUT2D eigenvalue weighted by atomic mass is 9.70. The van der Waals surface area contributed by atoms with E-state index in [2.05, 4.69) is 10.3 Å². The molecule has 3 atom stereocenters. The third-order valence-electron chi connectivity index (χ3n) is 5.66. The summed E-state index contributed by atoms with van der Waals surface area (Å²) in [6.07, 6.45) is -5.60. The minimum atomic E-state index is -4.94. The first-order chi connectivity index (χ1) is 14.0. The summed E-state index contributed by atoms with van der Waals surface area (Å²) in [7, 11) is 0. The molecule has 0 radical (unpaired) electrons. The van der Waals surface area contributed by atoms with Gasteiger partial charge in [0.1, 0.15) is 5.75 Å². The number of H-pyrrole nitrogens is 1. The maximum absolute atomic E-state index is 14.1. The van der Waals surface area contributed by atoms with Crippen molar-refractivity contribution in [1.82, 2.24) is 4.98 Å². The van der Waals surface area contributed by atoms with E-state index in [1.165, 1.54) is 31.2 Å². The van der Waals surface area contributed by atoms with Gasteiger partial charge in [-0.1, -0.05) is 30.7 Å². The van der Waals surface area contributed by atoms with E-state index in [9.17, 15) is 28.2 Å². The van der Waals surface area contributed by atoms with Crippen molar-refractivity contribution in [2.24, 2.45) is 0 Å². The minimum absolute atomic E-state index is 0.0273. The first-order valence-corrected chi connectivity index (χ1v) is 9.59. The van der Waals surface area contributed by atoms with Crippen LogP contribution >= 0.6 is 11.6 Å². The van der Waals surface area contributed by atoms with Crippen LogP contribution in [0.15, 0.2) is 47.3 Å². The highest BCUT2D eigenvalue weighted by Crippen LogP contribution is 2.55. The Balaban J connectivity index is 1.93. The molecule has 0 spiro atoms. The van der Waals surface area contributed by atoms with Crippen molar-refractivity contribution in [3.63, 3.8) is 0 Å². The summed E-state index contributed by atoms with van der Waals surface area (Å²) < 4.78 is 42.2. The predicted molar refractivity (Wildman–Crippen MR) is 108 cm³/mol. The van der Waals surface area contributed by atoms with Crippen LogP contribution in [0, 0.1) is 0 Å². The molecule has 1 aliphatic rings. The maximum atomic E-state index is 14.1. The van der Waals surface area contributed by atoms with Crippen molar-refractivity contribution in [2.45, 2.75) is 37.1 Å². The number of hydrogen-bond acceptors (Lipinski definition) is 4. The first kappa shape index (κ1) is 20.6. The number of hydrogen-bond donors (Lipinski definition) is 4. The smallest absolute Gasteiger partial charge is 0.419 e. The lowest BCUT2D eigenvalue weighted by Gasteiger charge is -2.45. The highest BCUT2D eigenvalue weighted by atomic mass is 35.5. The zero-order valence-corrected chi connectivity index (χ0v) is 16.5. The van der Waals surface area contributed by atoms with Crippen LogP contribution in [-0.4, -0.2) is 27.0 Å². The monoisotopic (exact) mass is 438 g/mol. The van der Waals surface area contributed by atoms with Crippen LogP contribution in [0.1, 0.15) is 36.4 Å². The Labute approximate surface area is 174 Å². The molecule has 0 amide bonds. The van der Waals surface area contributed by atoms with Gasteiger partial charge in [-0.3, -0.25) is 4.79 Å². The Hall–Kier alpha value is -2.71. The molecule has 30 heavy (non-hydrogen) atoms. The van der Waals surface area contributed by atoms with Crippen molar-refractivity contribution >= 4 is 28.2 Å². The van der Waals surface area contributed by atoms with E-state index in [-0.39, 0.29) is 27.5 Å². The number of rotatable bonds is 2. The van der Waals surface area contributed by atoms with Gasteiger partial charge < -0.3 is 20.5 Å². The van der Waals surface area contributed by atoms with Gasteiger partial charge in [-0.15, -0.1) is 0 Å². The molecule has 1 heterocycles. The molecule has 0 saturated carbocycles. The van der Waals surface area contributed by atoms with Crippen molar-refractivity contribution < 1.29 is 23.4 Å². The number of halogens is 4. The van der Waals surface area contributed by atoms with E-state index in [4.69, 9.17) is 11.6 Å². The number of fused-ring (bicyclic) bond motifs is 2. The number of phenolic OH excluding ortho intramolecular Hbond substituents is 1. The topological polar surface area (TPSA) is 85.4 Å². The van der Waals surface area contributed by atoms with Crippen molar-refractivity contribution in [1.29, 1.82) is 0 Å². The highest BCUT2D eigenvalue weighted by Gasteiger charge is 2.62. The number of aromatic amines is 1. The second-order valence-electron chi connectivity index (χ2n) is 7.59. The van der Waals surface area contributed by atoms with Crippen LogP contribution in [0.4, 0.5) is 18.9 Å². The molecule has 0 fully saturated rings. The van der Waals surface area contributed by atoms with E-state index in [1.807, 2.05) is 0 Å². The number of aromatic hydroxyl groups is 1. The molecule has 0 bridgehead atoms. The number of phenols is 1. The van der Waals surface area contributed by atoms with Crippen LogP contribution in [0.3, 0.4) is 0 Å². The molecule has 5 nitrogen and oxygen atoms in total. The van der Waals surface area contributed by atoms with Crippen LogP contribution in [0.5, 0.6) is 5.75 Å². The molecular weight excluding hydrogens is 421 g/mol. The lowest BCUT2D eigenvalue weighted by Crippen LogP contribution is -2.55. The van der Waals surface area contributed by atoms with Crippen LogP contribution in [0.2, 0.25) is 5.02 Å². The van der Waals surface area contributed by atoms with Gasteiger partial charge in [0.2, 0.25) is 5.56 Å². The van der Waals surface area contributed by atoms with E-state index in [0.717, 1.165) is 0 Å². The van der Waals surface area contributed by atoms with Crippen LogP contribution in [0.25, 0.3) is 10.9 Å². The standard InChI is InChI=1S/C21H18ClF3N2O3/c1-10-9-20(30,21(23,24)25)19(12-5-7-13(22)18(29)17(10)12)27-15-4-2-3-14-11(15)6-8-16(28)26-14/h2-8,10,19,27,29-30H,9H2,1H3,(H,26,28)/t10?,19?,20-/m1/s1. The van der Waals surface area contributed by atoms with Gasteiger partial charge in [-0.05, 0) is 42.2 Å². The second-order valence-corrected chi connectivity index (χ2v) is 8.00. The Morgan fingerprint density at radius 3 is 2.63 bits per heavy atom. The molecule has 4 rings (SSSR count). The molecule has 9 heteroatoms. The molecule has 1 aliphatic carbocycles. The summed E-state index contributed by atoms with van der Waals surface area (Å²) >= 11 is 5.98. The fourth-order valence-electron chi connectivity index (χ4n) is 4.26. The molecule has 2 aromatic carbocycles. The quantitative estimate of drug-likeness (QED) is 0.461. The minimum Gasteiger partial charge on any atom is -0.506 e. The lowest BCUT2D eigenvalue weighted by molar-refractivity contribution is -0.272. The largest absolute Gasteiger partial charge is 0.506 e. The van der Waals surface area contributed by atoms with Gasteiger partial charge in [0.15, 0.2) is 5.60 Å². The molecule has 0 aliphatic heterocycles. The number of pyridine rings is 1. The molecule has 158 valence electrons. The molecule has 4 N–H and O–H groups in total. The molecule has 2 unspecified atom stereocenters. The Bertz CT molecular complexity index is 1190. The summed E-state index contributed by atoms with van der Waals surface area (Å²) in [4.78, 5) is 14.2. The predicted octanol–water partition coefficient (Wildman–Crippen LogP) is 4.84. The zero-order valence-electron chi connectivity index (χ0n) is 15.7. The average Bonchev–Trinajstić information content (AvgIpc) is 2.66. The second kappa shape index (κ2) is 6.92. The Morgan fingerprint density at radius 2 is 1.93 bits per heavy atom.